The SMILES string of the molecule is CC(C)(C)n1cc[n+](C[C@@](C)([O-])c2ccccc2)c1. The second kappa shape index (κ2) is 4.82. The van der Waals surface area contributed by atoms with Gasteiger partial charge in [0.2, 0.25) is 6.33 Å². The Kier molecular flexibility index (Phi) is 3.50. The minimum Gasteiger partial charge on any atom is -0.843 e. The normalized spacial score (nSPS) is 15.2. The van der Waals surface area contributed by atoms with Gasteiger partial charge in [-0.3, -0.25) is 0 Å². The number of nitrogens with zero attached hydrogens (tertiary/aromatic N) is 2. The topological polar surface area (TPSA) is 31.9 Å². The molecule has 1 atom stereocenters. The minimum atomic E-state index is -1.12. The second-order valence-electron chi connectivity index (χ2n) is 6.26. The van der Waals surface area contributed by atoms with Crippen molar-refractivity contribution in [2.75, 3.05) is 0 Å². The summed E-state index contributed by atoms with van der Waals surface area (Å²) in [5, 5.41) is 12.7. The van der Waals surface area contributed by atoms with E-state index in [0.717, 1.165) is 5.56 Å². The van der Waals surface area contributed by atoms with Crippen LogP contribution in [0.4, 0.5) is 0 Å². The van der Waals surface area contributed by atoms with Gasteiger partial charge in [-0.25, -0.2) is 9.13 Å². The summed E-state index contributed by atoms with van der Waals surface area (Å²) >= 11 is 0. The Morgan fingerprint density at radius 3 is 2.26 bits per heavy atom. The molecule has 0 fully saturated rings. The lowest BCUT2D eigenvalue weighted by Crippen LogP contribution is -2.51. The highest BCUT2D eigenvalue weighted by molar-refractivity contribution is 5.20. The van der Waals surface area contributed by atoms with Crippen molar-refractivity contribution >= 4 is 0 Å². The first-order valence-electron chi connectivity index (χ1n) is 6.62. The quantitative estimate of drug-likeness (QED) is 0.773. The molecule has 0 radical (unpaired) electrons. The molecule has 2 aromatic rings. The molecule has 1 heterocycles. The summed E-state index contributed by atoms with van der Waals surface area (Å²) in [6, 6.07) is 9.55. The molecule has 0 saturated heterocycles. The van der Waals surface area contributed by atoms with E-state index in [1.165, 1.54) is 0 Å². The molecule has 102 valence electrons. The minimum absolute atomic E-state index is 0.0390. The van der Waals surface area contributed by atoms with Crippen molar-refractivity contribution in [1.82, 2.24) is 4.57 Å². The predicted octanol–water partition coefficient (Wildman–Crippen LogP) is 1.81. The molecule has 19 heavy (non-hydrogen) atoms. The summed E-state index contributed by atoms with van der Waals surface area (Å²) in [4.78, 5) is 0. The number of imidazole rings is 1. The van der Waals surface area contributed by atoms with Crippen LogP contribution in [-0.4, -0.2) is 4.57 Å². The van der Waals surface area contributed by atoms with Crippen molar-refractivity contribution in [3.05, 3.63) is 54.6 Å². The van der Waals surface area contributed by atoms with Crippen molar-refractivity contribution < 1.29 is 9.67 Å². The van der Waals surface area contributed by atoms with Crippen molar-refractivity contribution in [2.24, 2.45) is 0 Å². The summed E-state index contributed by atoms with van der Waals surface area (Å²) < 4.78 is 4.08. The highest BCUT2D eigenvalue weighted by atomic mass is 16.3. The zero-order valence-corrected chi connectivity index (χ0v) is 12.1. The molecule has 0 aliphatic heterocycles. The van der Waals surface area contributed by atoms with Gasteiger partial charge in [0.1, 0.15) is 17.9 Å². The maximum Gasteiger partial charge on any atom is 0.244 e. The van der Waals surface area contributed by atoms with Crippen LogP contribution >= 0.6 is 0 Å². The third-order valence-electron chi connectivity index (χ3n) is 3.33. The van der Waals surface area contributed by atoms with Gasteiger partial charge >= 0.3 is 0 Å². The fourth-order valence-corrected chi connectivity index (χ4v) is 2.11. The number of hydrogen-bond donors (Lipinski definition) is 0. The number of aromatic nitrogens is 2. The highest BCUT2D eigenvalue weighted by Crippen LogP contribution is 2.17. The van der Waals surface area contributed by atoms with E-state index in [2.05, 4.69) is 25.3 Å². The van der Waals surface area contributed by atoms with Crippen LogP contribution in [0.5, 0.6) is 0 Å². The first-order chi connectivity index (χ1) is 8.79. The van der Waals surface area contributed by atoms with E-state index in [1.54, 1.807) is 6.92 Å². The molecule has 0 aliphatic rings. The van der Waals surface area contributed by atoms with Crippen LogP contribution in [0.15, 0.2) is 49.1 Å². The zero-order valence-electron chi connectivity index (χ0n) is 12.1. The first-order valence-corrected chi connectivity index (χ1v) is 6.62. The molecule has 0 N–H and O–H groups in total. The van der Waals surface area contributed by atoms with Crippen LogP contribution in [0.1, 0.15) is 33.3 Å². The number of rotatable bonds is 3. The number of hydrogen-bond acceptors (Lipinski definition) is 1. The fraction of sp³-hybridized carbons (Fsp3) is 0.438. The van der Waals surface area contributed by atoms with Gasteiger partial charge in [-0.05, 0) is 20.8 Å². The lowest BCUT2D eigenvalue weighted by molar-refractivity contribution is -0.738. The van der Waals surface area contributed by atoms with Crippen LogP contribution in [0.25, 0.3) is 0 Å². The lowest BCUT2D eigenvalue weighted by atomic mass is 9.96. The van der Waals surface area contributed by atoms with Crippen molar-refractivity contribution in [1.29, 1.82) is 0 Å². The molecule has 0 saturated carbocycles. The molecule has 0 unspecified atom stereocenters. The smallest absolute Gasteiger partial charge is 0.244 e. The largest absolute Gasteiger partial charge is 0.843 e. The van der Waals surface area contributed by atoms with Gasteiger partial charge in [0.05, 0.1) is 6.54 Å². The number of benzene rings is 1. The van der Waals surface area contributed by atoms with E-state index in [0.29, 0.717) is 6.54 Å². The van der Waals surface area contributed by atoms with Crippen LogP contribution in [-0.2, 0) is 17.7 Å². The molecule has 0 amide bonds. The Hall–Kier alpha value is -1.61. The van der Waals surface area contributed by atoms with E-state index >= 15 is 0 Å². The Balaban J connectivity index is 2.19. The van der Waals surface area contributed by atoms with Gasteiger partial charge in [0, 0.05) is 0 Å². The summed E-state index contributed by atoms with van der Waals surface area (Å²) in [6.07, 6.45) is 5.98. The van der Waals surface area contributed by atoms with Gasteiger partial charge in [0.25, 0.3) is 0 Å². The Bertz CT molecular complexity index is 535. The third-order valence-corrected chi connectivity index (χ3v) is 3.33. The van der Waals surface area contributed by atoms with Gasteiger partial charge in [-0.2, -0.15) is 0 Å². The van der Waals surface area contributed by atoms with Crippen LogP contribution < -0.4 is 9.67 Å². The monoisotopic (exact) mass is 258 g/mol. The average molecular weight is 258 g/mol. The molecular weight excluding hydrogens is 236 g/mol. The van der Waals surface area contributed by atoms with E-state index in [-0.39, 0.29) is 5.54 Å². The van der Waals surface area contributed by atoms with Crippen molar-refractivity contribution in [3.63, 3.8) is 0 Å². The molecule has 0 bridgehead atoms. The predicted molar refractivity (Wildman–Crippen MR) is 73.4 cm³/mol. The third kappa shape index (κ3) is 3.24. The molecule has 2 rings (SSSR count). The standard InChI is InChI=1S/C16H22N2O/c1-15(2,3)18-11-10-17(13-18)12-16(4,19)14-8-6-5-7-9-14/h5-11,13H,12H2,1-4H3/t16-/m1/s1. The van der Waals surface area contributed by atoms with Crippen LogP contribution in [0.3, 0.4) is 0 Å². The van der Waals surface area contributed by atoms with Gasteiger partial charge in [0.15, 0.2) is 0 Å². The van der Waals surface area contributed by atoms with Gasteiger partial charge < -0.3 is 5.11 Å². The molecule has 1 aromatic carbocycles. The molecule has 1 aromatic heterocycles. The summed E-state index contributed by atoms with van der Waals surface area (Å²) in [5.41, 5.74) is -0.251. The van der Waals surface area contributed by atoms with Gasteiger partial charge in [-0.1, -0.05) is 48.4 Å². The van der Waals surface area contributed by atoms with Gasteiger partial charge in [-0.15, -0.1) is 0 Å². The summed E-state index contributed by atoms with van der Waals surface area (Å²) in [7, 11) is 0. The zero-order chi connectivity index (χ0) is 14.1. The van der Waals surface area contributed by atoms with Crippen molar-refractivity contribution in [3.8, 4) is 0 Å². The Morgan fingerprint density at radius 1 is 1.11 bits per heavy atom. The molecular formula is C16H22N2O. The lowest BCUT2D eigenvalue weighted by Gasteiger charge is -2.35. The second-order valence-corrected chi connectivity index (χ2v) is 6.26. The molecule has 0 aliphatic carbocycles. The first kappa shape index (κ1) is 13.8. The Morgan fingerprint density at radius 2 is 1.74 bits per heavy atom. The summed E-state index contributed by atoms with van der Waals surface area (Å²) in [5.74, 6) is 0. The maximum atomic E-state index is 12.7. The molecule has 0 spiro atoms. The maximum absolute atomic E-state index is 12.7. The van der Waals surface area contributed by atoms with Crippen molar-refractivity contribution in [2.45, 2.75) is 45.4 Å². The molecule has 3 nitrogen and oxygen atoms in total. The fourth-order valence-electron chi connectivity index (χ4n) is 2.11. The van der Waals surface area contributed by atoms with Crippen LogP contribution in [0.2, 0.25) is 0 Å². The average Bonchev–Trinajstić information content (AvgIpc) is 2.78. The van der Waals surface area contributed by atoms with E-state index in [4.69, 9.17) is 0 Å². The van der Waals surface area contributed by atoms with E-state index < -0.39 is 5.60 Å². The van der Waals surface area contributed by atoms with Crippen LogP contribution in [0, 0.1) is 0 Å². The highest BCUT2D eigenvalue weighted by Gasteiger charge is 2.21. The Labute approximate surface area is 115 Å². The summed E-state index contributed by atoms with van der Waals surface area (Å²) in [6.45, 7) is 8.60. The van der Waals surface area contributed by atoms with E-state index in [9.17, 15) is 5.11 Å². The van der Waals surface area contributed by atoms with E-state index in [1.807, 2.05) is 53.6 Å². The molecule has 3 heteroatoms.